The smallest absolute Gasteiger partial charge is 0.269 e. The molecule has 4 rings (SSSR count). The topological polar surface area (TPSA) is 68.8 Å². The first kappa shape index (κ1) is 16.8. The Morgan fingerprint density at radius 3 is 2.31 bits per heavy atom. The first-order chi connectivity index (χ1) is 12.7. The Morgan fingerprint density at radius 1 is 0.962 bits per heavy atom. The third kappa shape index (κ3) is 3.34. The van der Waals surface area contributed by atoms with Crippen molar-refractivity contribution in [2.24, 2.45) is 0 Å². The highest BCUT2D eigenvalue weighted by atomic mass is 31.0. The largest absolute Gasteiger partial charge is 0.435 e. The van der Waals surface area contributed by atoms with E-state index in [0.29, 0.717) is 13.2 Å². The summed E-state index contributed by atoms with van der Waals surface area (Å²) in [7, 11) is 0.959. The van der Waals surface area contributed by atoms with Crippen LogP contribution in [0.1, 0.15) is 0 Å². The fourth-order valence-corrected chi connectivity index (χ4v) is 4.10. The maximum atomic E-state index is 10.9. The van der Waals surface area contributed by atoms with Crippen molar-refractivity contribution >= 4 is 19.8 Å². The van der Waals surface area contributed by atoms with Gasteiger partial charge in [-0.15, -0.1) is 0 Å². The van der Waals surface area contributed by atoms with Gasteiger partial charge in [0.1, 0.15) is 0 Å². The minimum Gasteiger partial charge on any atom is -0.435 e. The van der Waals surface area contributed by atoms with E-state index in [1.54, 1.807) is 12.1 Å². The second-order valence-corrected chi connectivity index (χ2v) is 7.02. The highest BCUT2D eigenvalue weighted by Crippen LogP contribution is 2.47. The summed E-state index contributed by atoms with van der Waals surface area (Å²) >= 11 is 0. The second kappa shape index (κ2) is 7.28. The van der Waals surface area contributed by atoms with Crippen molar-refractivity contribution in [2.45, 2.75) is 0 Å². The van der Waals surface area contributed by atoms with E-state index in [9.17, 15) is 10.1 Å². The lowest BCUT2D eigenvalue weighted by Crippen LogP contribution is -2.36. The number of ether oxygens (including phenoxy) is 1. The van der Waals surface area contributed by atoms with Gasteiger partial charge in [-0.3, -0.25) is 10.1 Å². The molecule has 0 unspecified atom stereocenters. The normalized spacial score (nSPS) is 14.7. The maximum absolute atomic E-state index is 10.9. The highest BCUT2D eigenvalue weighted by Gasteiger charge is 2.22. The number of hydrogen-bond donors (Lipinski definition) is 0. The molecule has 0 radical (unpaired) electrons. The van der Waals surface area contributed by atoms with Gasteiger partial charge in [-0.2, -0.15) is 0 Å². The third-order valence-corrected chi connectivity index (χ3v) is 5.51. The van der Waals surface area contributed by atoms with Crippen molar-refractivity contribution in [1.82, 2.24) is 0 Å². The minimum atomic E-state index is -0.394. The lowest BCUT2D eigenvalue weighted by Gasteiger charge is -2.27. The average molecular weight is 368 g/mol. The SMILES string of the molecule is O=[N+]([O-])c1ccc(-c2oc(N3CCOCC3)c(-c3ccccc3)p2)cc1. The Balaban J connectivity index is 1.76. The summed E-state index contributed by atoms with van der Waals surface area (Å²) < 4.78 is 11.7. The van der Waals surface area contributed by atoms with Crippen LogP contribution in [0.3, 0.4) is 0 Å². The molecule has 0 saturated carbocycles. The van der Waals surface area contributed by atoms with Crippen LogP contribution in [0.4, 0.5) is 11.6 Å². The van der Waals surface area contributed by atoms with Crippen LogP contribution < -0.4 is 4.90 Å². The van der Waals surface area contributed by atoms with Gasteiger partial charge in [0.25, 0.3) is 5.69 Å². The van der Waals surface area contributed by atoms with Gasteiger partial charge in [0, 0.05) is 30.8 Å². The number of hydrogen-bond acceptors (Lipinski definition) is 5. The molecule has 0 aliphatic carbocycles. The minimum absolute atomic E-state index is 0.0775. The fraction of sp³-hybridized carbons (Fsp3) is 0.211. The summed E-state index contributed by atoms with van der Waals surface area (Å²) in [6.45, 7) is 2.93. The summed E-state index contributed by atoms with van der Waals surface area (Å²) in [6.07, 6.45) is 0. The summed E-state index contributed by atoms with van der Waals surface area (Å²) in [5.74, 6) is 0.856. The molecule has 0 amide bonds. The molecule has 1 saturated heterocycles. The summed E-state index contributed by atoms with van der Waals surface area (Å²) in [4.78, 5) is 12.7. The molecule has 1 aromatic heterocycles. The van der Waals surface area contributed by atoms with E-state index in [1.807, 2.05) is 18.2 Å². The van der Waals surface area contributed by atoms with Gasteiger partial charge in [-0.05, 0) is 25.9 Å². The van der Waals surface area contributed by atoms with Crippen molar-refractivity contribution < 1.29 is 14.1 Å². The van der Waals surface area contributed by atoms with Gasteiger partial charge in [0.2, 0.25) is 5.88 Å². The molecule has 1 fully saturated rings. The number of morpholine rings is 1. The Morgan fingerprint density at radius 2 is 1.65 bits per heavy atom. The number of anilines is 1. The summed E-state index contributed by atoms with van der Waals surface area (Å²) in [5, 5.41) is 12.0. The van der Waals surface area contributed by atoms with Gasteiger partial charge < -0.3 is 14.1 Å². The van der Waals surface area contributed by atoms with E-state index in [0.717, 1.165) is 49.1 Å². The number of benzene rings is 2. The lowest BCUT2D eigenvalue weighted by atomic mass is 10.2. The molecule has 0 N–H and O–H groups in total. The predicted molar refractivity (Wildman–Crippen MR) is 102 cm³/mol. The molecule has 0 atom stereocenters. The first-order valence-electron chi connectivity index (χ1n) is 8.36. The Kier molecular flexibility index (Phi) is 4.69. The highest BCUT2D eigenvalue weighted by molar-refractivity contribution is 7.37. The summed E-state index contributed by atoms with van der Waals surface area (Å²) in [6, 6.07) is 16.7. The van der Waals surface area contributed by atoms with E-state index in [2.05, 4.69) is 17.0 Å². The summed E-state index contributed by atoms with van der Waals surface area (Å²) in [5.41, 5.74) is 2.84. The van der Waals surface area contributed by atoms with E-state index in [1.165, 1.54) is 12.1 Å². The van der Waals surface area contributed by atoms with Crippen LogP contribution in [-0.4, -0.2) is 31.2 Å². The molecule has 3 aromatic rings. The predicted octanol–water partition coefficient (Wildman–Crippen LogP) is 4.94. The molecular formula is C19H17N2O4P. The van der Waals surface area contributed by atoms with Crippen LogP contribution in [0, 0.1) is 10.1 Å². The van der Waals surface area contributed by atoms with Gasteiger partial charge in [-0.25, -0.2) is 0 Å². The van der Waals surface area contributed by atoms with E-state index in [-0.39, 0.29) is 5.69 Å². The van der Waals surface area contributed by atoms with E-state index in [4.69, 9.17) is 9.15 Å². The zero-order valence-corrected chi connectivity index (χ0v) is 14.9. The lowest BCUT2D eigenvalue weighted by molar-refractivity contribution is -0.384. The van der Waals surface area contributed by atoms with E-state index < -0.39 is 4.92 Å². The van der Waals surface area contributed by atoms with Crippen molar-refractivity contribution in [3.8, 4) is 21.9 Å². The van der Waals surface area contributed by atoms with Crippen molar-refractivity contribution in [3.05, 3.63) is 64.7 Å². The van der Waals surface area contributed by atoms with E-state index >= 15 is 0 Å². The number of non-ortho nitro benzene ring substituents is 1. The molecule has 1 aliphatic rings. The zero-order chi connectivity index (χ0) is 17.9. The van der Waals surface area contributed by atoms with Crippen molar-refractivity contribution in [2.75, 3.05) is 31.2 Å². The molecule has 6 nitrogen and oxygen atoms in total. The molecule has 1 aliphatic heterocycles. The van der Waals surface area contributed by atoms with Gasteiger partial charge in [0.05, 0.1) is 23.4 Å². The number of rotatable bonds is 4. The average Bonchev–Trinajstić information content (AvgIpc) is 3.15. The van der Waals surface area contributed by atoms with Crippen LogP contribution in [0.2, 0.25) is 0 Å². The molecule has 0 spiro atoms. The van der Waals surface area contributed by atoms with Crippen molar-refractivity contribution in [1.29, 1.82) is 0 Å². The van der Waals surface area contributed by atoms with Crippen LogP contribution in [0.25, 0.3) is 21.9 Å². The van der Waals surface area contributed by atoms with Crippen molar-refractivity contribution in [3.63, 3.8) is 0 Å². The first-order valence-corrected chi connectivity index (χ1v) is 9.25. The number of nitrogens with zero attached hydrogens (tertiary/aromatic N) is 2. The van der Waals surface area contributed by atoms with Crippen LogP contribution >= 0.6 is 8.19 Å². The molecule has 132 valence electrons. The van der Waals surface area contributed by atoms with Gasteiger partial charge in [0.15, 0.2) is 5.49 Å². The molecular weight excluding hydrogens is 351 g/mol. The third-order valence-electron chi connectivity index (χ3n) is 4.28. The Hall–Kier alpha value is -2.69. The van der Waals surface area contributed by atoms with Gasteiger partial charge in [-0.1, -0.05) is 30.3 Å². The Bertz CT molecular complexity index is 903. The van der Waals surface area contributed by atoms with Crippen LogP contribution in [0.5, 0.6) is 0 Å². The molecule has 2 heterocycles. The fourth-order valence-electron chi connectivity index (χ4n) is 2.93. The Labute approximate surface area is 152 Å². The standard InChI is InChI=1S/C19H17N2O4P/c22-21(23)16-8-6-15(7-9-16)19-25-18(20-10-12-24-13-11-20)17(26-19)14-4-2-1-3-5-14/h1-9H,10-13H2. The molecule has 26 heavy (non-hydrogen) atoms. The molecule has 7 heteroatoms. The van der Waals surface area contributed by atoms with Crippen LogP contribution in [-0.2, 0) is 4.74 Å². The number of nitro groups is 1. The second-order valence-electron chi connectivity index (χ2n) is 5.94. The quantitative estimate of drug-likeness (QED) is 0.482. The van der Waals surface area contributed by atoms with Crippen LogP contribution in [0.15, 0.2) is 59.0 Å². The molecule has 0 bridgehead atoms. The monoisotopic (exact) mass is 368 g/mol. The van der Waals surface area contributed by atoms with Gasteiger partial charge >= 0.3 is 0 Å². The zero-order valence-electron chi connectivity index (χ0n) is 14.0. The number of nitro benzene ring substituents is 1. The maximum Gasteiger partial charge on any atom is 0.269 e. The molecule has 2 aromatic carbocycles.